The summed E-state index contributed by atoms with van der Waals surface area (Å²) in [4.78, 5) is 16.2. The van der Waals surface area contributed by atoms with Gasteiger partial charge in [-0.05, 0) is 36.2 Å². The van der Waals surface area contributed by atoms with Crippen molar-refractivity contribution in [2.45, 2.75) is 12.5 Å². The second-order valence-electron chi connectivity index (χ2n) is 6.39. The average Bonchev–Trinajstić information content (AvgIpc) is 2.67. The molecule has 2 aromatic carbocycles. The molecule has 138 valence electrons. The van der Waals surface area contributed by atoms with Gasteiger partial charge >= 0.3 is 5.97 Å². The molecule has 1 heterocycles. The third-order valence-electron chi connectivity index (χ3n) is 4.81. The van der Waals surface area contributed by atoms with Crippen molar-refractivity contribution in [1.82, 2.24) is 4.90 Å². The van der Waals surface area contributed by atoms with Crippen LogP contribution in [-0.4, -0.2) is 55.3 Å². The maximum atomic E-state index is 11.8. The van der Waals surface area contributed by atoms with Crippen LogP contribution in [0, 0.1) is 0 Å². The first-order chi connectivity index (χ1) is 12.6. The molecule has 5 nitrogen and oxygen atoms in total. The Morgan fingerprint density at radius 1 is 1.15 bits per heavy atom. The Morgan fingerprint density at radius 3 is 2.42 bits per heavy atom. The summed E-state index contributed by atoms with van der Waals surface area (Å²) in [5.41, 5.74) is 2.08. The maximum Gasteiger partial charge on any atom is 0.321 e. The molecule has 3 rings (SSSR count). The normalized spacial score (nSPS) is 16.3. The Balaban J connectivity index is 1.66. The number of carboxylic acid groups (broad SMARTS) is 1. The van der Waals surface area contributed by atoms with Gasteiger partial charge in [0, 0.05) is 31.9 Å². The SMILES string of the molecule is COc1ccc(C[C@H](C(=O)O)N2CCN(c3ccccc3)CC2)cc1Cl. The molecular formula is C20H23ClN2O3. The van der Waals surface area contributed by atoms with Crippen LogP contribution in [0.4, 0.5) is 5.69 Å². The van der Waals surface area contributed by atoms with Crippen molar-refractivity contribution >= 4 is 23.3 Å². The molecule has 1 fully saturated rings. The summed E-state index contributed by atoms with van der Waals surface area (Å²) in [7, 11) is 1.56. The minimum atomic E-state index is -0.801. The molecule has 1 atom stereocenters. The summed E-state index contributed by atoms with van der Waals surface area (Å²) in [6.07, 6.45) is 0.421. The van der Waals surface area contributed by atoms with Gasteiger partial charge in [-0.3, -0.25) is 9.69 Å². The molecule has 6 heteroatoms. The number of halogens is 1. The third kappa shape index (κ3) is 4.29. The van der Waals surface area contributed by atoms with Crippen LogP contribution in [-0.2, 0) is 11.2 Å². The first-order valence-corrected chi connectivity index (χ1v) is 9.05. The monoisotopic (exact) mass is 374 g/mol. The van der Waals surface area contributed by atoms with Gasteiger partial charge in [0.15, 0.2) is 0 Å². The molecule has 0 radical (unpaired) electrons. The largest absolute Gasteiger partial charge is 0.495 e. The van der Waals surface area contributed by atoms with Crippen LogP contribution in [0.2, 0.25) is 5.02 Å². The second kappa shape index (κ2) is 8.43. The molecular weight excluding hydrogens is 352 g/mol. The standard InChI is InChI=1S/C20H23ClN2O3/c1-26-19-8-7-15(13-17(19)21)14-18(20(24)25)23-11-9-22(10-12-23)16-5-3-2-4-6-16/h2-8,13,18H,9-12,14H2,1H3,(H,24,25)/t18-/m1/s1. The molecule has 0 unspecified atom stereocenters. The molecule has 1 saturated heterocycles. The Hall–Kier alpha value is -2.24. The molecule has 1 aliphatic rings. The van der Waals surface area contributed by atoms with Crippen LogP contribution >= 0.6 is 11.6 Å². The molecule has 1 N–H and O–H groups in total. The average molecular weight is 375 g/mol. The van der Waals surface area contributed by atoms with Gasteiger partial charge in [-0.15, -0.1) is 0 Å². The molecule has 0 bridgehead atoms. The van der Waals surface area contributed by atoms with Gasteiger partial charge in [0.2, 0.25) is 0 Å². The van der Waals surface area contributed by atoms with Crippen LogP contribution in [0.15, 0.2) is 48.5 Å². The van der Waals surface area contributed by atoms with Crippen molar-refractivity contribution < 1.29 is 14.6 Å². The number of piperazine rings is 1. The molecule has 26 heavy (non-hydrogen) atoms. The number of ether oxygens (including phenoxy) is 1. The first kappa shape index (κ1) is 18.5. The van der Waals surface area contributed by atoms with E-state index >= 15 is 0 Å². The minimum Gasteiger partial charge on any atom is -0.495 e. The zero-order chi connectivity index (χ0) is 18.5. The summed E-state index contributed by atoms with van der Waals surface area (Å²) in [5.74, 6) is -0.205. The van der Waals surface area contributed by atoms with Gasteiger partial charge < -0.3 is 14.7 Å². The van der Waals surface area contributed by atoms with Gasteiger partial charge in [-0.2, -0.15) is 0 Å². The van der Waals surface area contributed by atoms with Crippen LogP contribution in [0.25, 0.3) is 0 Å². The zero-order valence-corrected chi connectivity index (χ0v) is 15.5. The quantitative estimate of drug-likeness (QED) is 0.841. The highest BCUT2D eigenvalue weighted by molar-refractivity contribution is 6.32. The first-order valence-electron chi connectivity index (χ1n) is 8.67. The third-order valence-corrected chi connectivity index (χ3v) is 5.10. The Bertz CT molecular complexity index is 746. The van der Waals surface area contributed by atoms with E-state index in [0.29, 0.717) is 17.2 Å². The van der Waals surface area contributed by atoms with E-state index in [9.17, 15) is 9.90 Å². The highest BCUT2D eigenvalue weighted by Crippen LogP contribution is 2.26. The Labute approximate surface area is 158 Å². The summed E-state index contributed by atoms with van der Waals surface area (Å²) < 4.78 is 5.16. The topological polar surface area (TPSA) is 53.0 Å². The lowest BCUT2D eigenvalue weighted by Crippen LogP contribution is -2.53. The van der Waals surface area contributed by atoms with Gasteiger partial charge in [0.1, 0.15) is 11.8 Å². The highest BCUT2D eigenvalue weighted by Gasteiger charge is 2.29. The van der Waals surface area contributed by atoms with E-state index in [2.05, 4.69) is 17.0 Å². The van der Waals surface area contributed by atoms with Crippen molar-refractivity contribution in [3.63, 3.8) is 0 Å². The molecule has 0 aliphatic carbocycles. The number of methoxy groups -OCH3 is 1. The molecule has 0 amide bonds. The second-order valence-corrected chi connectivity index (χ2v) is 6.79. The number of aliphatic carboxylic acids is 1. The van der Waals surface area contributed by atoms with E-state index in [1.54, 1.807) is 19.2 Å². The van der Waals surface area contributed by atoms with E-state index in [1.807, 2.05) is 29.2 Å². The summed E-state index contributed by atoms with van der Waals surface area (Å²) in [6.45, 7) is 3.07. The van der Waals surface area contributed by atoms with Gasteiger partial charge in [0.25, 0.3) is 0 Å². The number of anilines is 1. The fraction of sp³-hybridized carbons (Fsp3) is 0.350. The maximum absolute atomic E-state index is 11.8. The number of hydrogen-bond acceptors (Lipinski definition) is 4. The number of carbonyl (C=O) groups is 1. The van der Waals surface area contributed by atoms with Crippen LogP contribution in [0.5, 0.6) is 5.75 Å². The number of carboxylic acids is 1. The van der Waals surface area contributed by atoms with Crippen molar-refractivity contribution in [3.05, 3.63) is 59.1 Å². The Morgan fingerprint density at radius 2 is 1.85 bits per heavy atom. The predicted molar refractivity (Wildman–Crippen MR) is 103 cm³/mol. The van der Waals surface area contributed by atoms with Crippen LogP contribution in [0.3, 0.4) is 0 Å². The molecule has 0 spiro atoms. The minimum absolute atomic E-state index is 0.421. The highest BCUT2D eigenvalue weighted by atomic mass is 35.5. The van der Waals surface area contributed by atoms with E-state index in [0.717, 1.165) is 31.7 Å². The molecule has 0 saturated carbocycles. The number of para-hydroxylation sites is 1. The Kier molecular flexibility index (Phi) is 6.01. The van der Waals surface area contributed by atoms with Crippen LogP contribution < -0.4 is 9.64 Å². The summed E-state index contributed by atoms with van der Waals surface area (Å²) in [6, 6.07) is 15.1. The lowest BCUT2D eigenvalue weighted by atomic mass is 10.0. The van der Waals surface area contributed by atoms with Crippen molar-refractivity contribution in [2.75, 3.05) is 38.2 Å². The van der Waals surface area contributed by atoms with Crippen molar-refractivity contribution in [1.29, 1.82) is 0 Å². The predicted octanol–water partition coefficient (Wildman–Crippen LogP) is 3.17. The van der Waals surface area contributed by atoms with Gasteiger partial charge in [-0.1, -0.05) is 35.9 Å². The number of hydrogen-bond donors (Lipinski definition) is 1. The van der Waals surface area contributed by atoms with Gasteiger partial charge in [0.05, 0.1) is 12.1 Å². The van der Waals surface area contributed by atoms with Gasteiger partial charge in [-0.25, -0.2) is 0 Å². The van der Waals surface area contributed by atoms with E-state index in [1.165, 1.54) is 5.69 Å². The van der Waals surface area contributed by atoms with E-state index < -0.39 is 12.0 Å². The lowest BCUT2D eigenvalue weighted by Gasteiger charge is -2.38. The molecule has 2 aromatic rings. The van der Waals surface area contributed by atoms with Crippen LogP contribution in [0.1, 0.15) is 5.56 Å². The lowest BCUT2D eigenvalue weighted by molar-refractivity contribution is -0.143. The van der Waals surface area contributed by atoms with Crippen molar-refractivity contribution in [3.8, 4) is 5.75 Å². The molecule has 1 aliphatic heterocycles. The fourth-order valence-corrected chi connectivity index (χ4v) is 3.64. The summed E-state index contributed by atoms with van der Waals surface area (Å²) in [5, 5.41) is 10.2. The fourth-order valence-electron chi connectivity index (χ4n) is 3.36. The number of benzene rings is 2. The van der Waals surface area contributed by atoms with E-state index in [4.69, 9.17) is 16.3 Å². The number of nitrogens with zero attached hydrogens (tertiary/aromatic N) is 2. The number of rotatable bonds is 6. The summed E-state index contributed by atoms with van der Waals surface area (Å²) >= 11 is 6.17. The van der Waals surface area contributed by atoms with E-state index in [-0.39, 0.29) is 0 Å². The zero-order valence-electron chi connectivity index (χ0n) is 14.8. The van der Waals surface area contributed by atoms with Crippen molar-refractivity contribution in [2.24, 2.45) is 0 Å². The smallest absolute Gasteiger partial charge is 0.321 e. The molecule has 0 aromatic heterocycles.